The number of aliphatic hydroxyl groups is 2. The fourth-order valence-electron chi connectivity index (χ4n) is 2.17. The first-order valence-corrected chi connectivity index (χ1v) is 8.56. The molecule has 1 aromatic carbocycles. The molecule has 0 aliphatic heterocycles. The first-order chi connectivity index (χ1) is 9.66. The maximum atomic E-state index is 12.3. The maximum absolute atomic E-state index is 12.3. The Morgan fingerprint density at radius 3 is 1.91 bits per heavy atom. The molecule has 0 fully saturated rings. The fourth-order valence-corrected chi connectivity index (χ4v) is 3.55. The van der Waals surface area contributed by atoms with Gasteiger partial charge in [0, 0.05) is 53.5 Å². The van der Waals surface area contributed by atoms with Crippen molar-refractivity contribution in [1.29, 1.82) is 0 Å². The third-order valence-corrected chi connectivity index (χ3v) is 5.83. The third-order valence-electron chi connectivity index (χ3n) is 4.22. The largest absolute Gasteiger partial charge is 0.368 e. The number of hydrogen-bond donors (Lipinski definition) is 2. The minimum Gasteiger partial charge on any atom is -0.368 e. The van der Waals surface area contributed by atoms with E-state index in [4.69, 9.17) is 0 Å². The summed E-state index contributed by atoms with van der Waals surface area (Å²) in [6.45, 7) is 7.29. The van der Waals surface area contributed by atoms with E-state index < -0.39 is 16.1 Å². The first kappa shape index (κ1) is 25.4. The molecule has 1 aromatic rings. The molecule has 0 aliphatic rings. The first-order valence-electron chi connectivity index (χ1n) is 7.01. The van der Waals surface area contributed by atoms with Gasteiger partial charge in [0.1, 0.15) is 0 Å². The van der Waals surface area contributed by atoms with Crippen molar-refractivity contribution < 1.29 is 60.8 Å². The van der Waals surface area contributed by atoms with Crippen molar-refractivity contribution in [2.45, 2.75) is 38.9 Å². The number of rotatable bonds is 6. The van der Waals surface area contributed by atoms with Gasteiger partial charge in [-0.3, -0.25) is 0 Å². The number of hydrogen-bond acceptors (Lipinski definition) is 4. The van der Waals surface area contributed by atoms with Gasteiger partial charge in [-0.05, 0) is 30.9 Å². The molecule has 0 saturated carbocycles. The van der Waals surface area contributed by atoms with Crippen LogP contribution in [0.2, 0.25) is 0 Å². The summed E-state index contributed by atoms with van der Waals surface area (Å²) in [6.07, 6.45) is -1.40. The van der Waals surface area contributed by atoms with Crippen LogP contribution < -0.4 is 0 Å². The Kier molecular flexibility index (Phi) is 12.1. The predicted octanol–water partition coefficient (Wildman–Crippen LogP) is 2.58. The normalized spacial score (nSPS) is 16.0. The molecular weight excluding hydrogens is 656 g/mol. The Hall–Kier alpha value is 0.207. The van der Waals surface area contributed by atoms with Crippen LogP contribution in [0.15, 0.2) is 46.2 Å². The molecule has 2 unspecified atom stereocenters. The monoisotopic (exact) mass is 680 g/mol. The predicted molar refractivity (Wildman–Crippen MR) is 83.1 cm³/mol. The summed E-state index contributed by atoms with van der Waals surface area (Å²) in [6, 6.07) is 8.27. The molecule has 7 heteroatoms. The van der Waals surface area contributed by atoms with Crippen LogP contribution >= 0.6 is 0 Å². The molecular formula is C16H24O4SW2. The maximum Gasteiger partial charge on any atom is 0.199 e. The Balaban J connectivity index is 0. The van der Waals surface area contributed by atoms with Gasteiger partial charge in [-0.15, -0.1) is 0 Å². The Labute approximate surface area is 167 Å². The van der Waals surface area contributed by atoms with Crippen LogP contribution in [0.5, 0.6) is 0 Å². The fraction of sp³-hybridized carbons (Fsp3) is 0.500. The van der Waals surface area contributed by atoms with Gasteiger partial charge < -0.3 is 10.2 Å². The summed E-state index contributed by atoms with van der Waals surface area (Å²) in [7, 11) is -3.47. The molecule has 0 bridgehead atoms. The second kappa shape index (κ2) is 10.9. The molecule has 0 saturated heterocycles. The van der Waals surface area contributed by atoms with Gasteiger partial charge in [-0.25, -0.2) is 8.42 Å². The topological polar surface area (TPSA) is 74.6 Å². The van der Waals surface area contributed by atoms with E-state index in [9.17, 15) is 18.6 Å². The summed E-state index contributed by atoms with van der Waals surface area (Å²) < 4.78 is 24.6. The number of allylic oxidation sites excluding steroid dienone is 1. The van der Waals surface area contributed by atoms with Crippen LogP contribution in [0.4, 0.5) is 0 Å². The molecule has 0 spiro atoms. The molecule has 0 amide bonds. The van der Waals surface area contributed by atoms with E-state index in [2.05, 4.69) is 0 Å². The summed E-state index contributed by atoms with van der Waals surface area (Å²) in [4.78, 5) is 0.263. The van der Waals surface area contributed by atoms with E-state index in [-0.39, 0.29) is 64.8 Å². The third kappa shape index (κ3) is 7.32. The van der Waals surface area contributed by atoms with Gasteiger partial charge in [-0.2, -0.15) is 0 Å². The minimum absolute atomic E-state index is 0. The van der Waals surface area contributed by atoms with Crippen molar-refractivity contribution in [3.05, 3.63) is 41.3 Å². The van der Waals surface area contributed by atoms with E-state index in [0.717, 1.165) is 0 Å². The van der Waals surface area contributed by atoms with E-state index >= 15 is 0 Å². The number of sulfone groups is 1. The standard InChI is InChI=1S/C16H24O4S.2W/c1-11(12(2)13(3)14(4)16(17)18)10-21(19,20)15-8-6-5-7-9-15;;/h5-10,12-14,16-18H,1-4H3;;/t12?,13?,14-;;/m1../s1. The Bertz CT molecular complexity index is 585. The zero-order valence-corrected chi connectivity index (χ0v) is 20.4. The van der Waals surface area contributed by atoms with E-state index in [0.29, 0.717) is 5.57 Å². The van der Waals surface area contributed by atoms with Gasteiger partial charge in [0.15, 0.2) is 16.1 Å². The minimum atomic E-state index is -3.47. The van der Waals surface area contributed by atoms with Gasteiger partial charge in [0.2, 0.25) is 0 Å². The van der Waals surface area contributed by atoms with Crippen LogP contribution in [0.25, 0.3) is 0 Å². The summed E-state index contributed by atoms with van der Waals surface area (Å²) in [5.74, 6) is -0.449. The van der Waals surface area contributed by atoms with Gasteiger partial charge >= 0.3 is 0 Å². The van der Waals surface area contributed by atoms with Crippen LogP contribution in [0.1, 0.15) is 27.7 Å². The van der Waals surface area contributed by atoms with Crippen molar-refractivity contribution in [2.75, 3.05) is 0 Å². The molecule has 0 aromatic heterocycles. The van der Waals surface area contributed by atoms with Crippen molar-refractivity contribution in [3.63, 3.8) is 0 Å². The Morgan fingerprint density at radius 1 is 1.00 bits per heavy atom. The summed E-state index contributed by atoms with van der Waals surface area (Å²) in [5, 5.41) is 19.8. The van der Waals surface area contributed by atoms with Crippen molar-refractivity contribution in [2.24, 2.45) is 17.8 Å². The second-order valence-electron chi connectivity index (χ2n) is 5.64. The number of benzene rings is 1. The molecule has 2 N–H and O–H groups in total. The molecule has 3 atom stereocenters. The molecule has 130 valence electrons. The second-order valence-corrected chi connectivity index (χ2v) is 7.44. The summed E-state index contributed by atoms with van der Waals surface area (Å²) >= 11 is 0. The number of aliphatic hydroxyl groups excluding tert-OH is 1. The Morgan fingerprint density at radius 2 is 1.48 bits per heavy atom. The SMILES string of the molecule is CC(=CS(=O)(=O)c1ccccc1)C(C)C(C)[C@@H](C)C(O)O.[W].[W]. The van der Waals surface area contributed by atoms with Gasteiger partial charge in [0.05, 0.1) is 4.90 Å². The van der Waals surface area contributed by atoms with E-state index in [1.54, 1.807) is 44.2 Å². The molecule has 1 rings (SSSR count). The van der Waals surface area contributed by atoms with Crippen LogP contribution in [-0.4, -0.2) is 24.9 Å². The zero-order chi connectivity index (χ0) is 16.2. The van der Waals surface area contributed by atoms with Gasteiger partial charge in [-0.1, -0.05) is 44.5 Å². The molecule has 0 aliphatic carbocycles. The smallest absolute Gasteiger partial charge is 0.199 e. The van der Waals surface area contributed by atoms with E-state index in [1.807, 2.05) is 13.8 Å². The van der Waals surface area contributed by atoms with Crippen molar-refractivity contribution in [1.82, 2.24) is 0 Å². The average Bonchev–Trinajstić information content (AvgIpc) is 2.45. The van der Waals surface area contributed by atoms with Gasteiger partial charge in [0.25, 0.3) is 0 Å². The van der Waals surface area contributed by atoms with Crippen LogP contribution in [0.3, 0.4) is 0 Å². The summed E-state index contributed by atoms with van der Waals surface area (Å²) in [5.41, 5.74) is 0.707. The average molecular weight is 680 g/mol. The molecule has 23 heavy (non-hydrogen) atoms. The quantitative estimate of drug-likeness (QED) is 0.454. The van der Waals surface area contributed by atoms with Crippen LogP contribution in [0, 0.1) is 17.8 Å². The van der Waals surface area contributed by atoms with Crippen molar-refractivity contribution in [3.8, 4) is 0 Å². The van der Waals surface area contributed by atoms with E-state index in [1.165, 1.54) is 5.41 Å². The van der Waals surface area contributed by atoms with Crippen LogP contribution in [-0.2, 0) is 52.0 Å². The molecule has 0 heterocycles. The zero-order valence-electron chi connectivity index (χ0n) is 13.7. The van der Waals surface area contributed by atoms with Crippen molar-refractivity contribution >= 4 is 9.84 Å². The molecule has 4 nitrogen and oxygen atoms in total. The molecule has 0 radical (unpaired) electrons.